The minimum Gasteiger partial charge on any atom is -0.354 e. The Bertz CT molecular complexity index is 1430. The Labute approximate surface area is 247 Å². The lowest BCUT2D eigenvalue weighted by atomic mass is 10.0. The summed E-state index contributed by atoms with van der Waals surface area (Å²) in [6, 6.07) is 20.5. The van der Waals surface area contributed by atoms with E-state index in [4.69, 9.17) is 23.2 Å². The van der Waals surface area contributed by atoms with Crippen LogP contribution in [0.15, 0.2) is 72.8 Å². The highest BCUT2D eigenvalue weighted by molar-refractivity contribution is 7.92. The summed E-state index contributed by atoms with van der Waals surface area (Å²) in [6.45, 7) is 5.95. The minimum absolute atomic E-state index is 0.122. The molecule has 214 valence electrons. The maximum absolute atomic E-state index is 14.1. The molecule has 3 aromatic rings. The van der Waals surface area contributed by atoms with E-state index in [9.17, 15) is 18.0 Å². The number of halogens is 2. The summed E-state index contributed by atoms with van der Waals surface area (Å²) in [4.78, 5) is 29.2. The Morgan fingerprint density at radius 1 is 0.925 bits per heavy atom. The van der Waals surface area contributed by atoms with Gasteiger partial charge >= 0.3 is 0 Å². The fraction of sp³-hybridized carbons (Fsp3) is 0.333. The SMILES string of the molecule is Cc1ccccc1CN(C(=O)CN(c1ccc(Cl)c(Cl)c1)S(C)(=O)=O)C(Cc1ccccc1)C(=O)NCC(C)C. The van der Waals surface area contributed by atoms with Crippen molar-refractivity contribution in [3.63, 3.8) is 0 Å². The molecule has 0 radical (unpaired) electrons. The largest absolute Gasteiger partial charge is 0.354 e. The smallest absolute Gasteiger partial charge is 0.244 e. The van der Waals surface area contributed by atoms with Gasteiger partial charge in [-0.1, -0.05) is 91.6 Å². The van der Waals surface area contributed by atoms with Gasteiger partial charge in [-0.15, -0.1) is 0 Å². The third kappa shape index (κ3) is 8.71. The monoisotopic (exact) mass is 603 g/mol. The Morgan fingerprint density at radius 2 is 1.57 bits per heavy atom. The van der Waals surface area contributed by atoms with Gasteiger partial charge in [-0.2, -0.15) is 0 Å². The van der Waals surface area contributed by atoms with Crippen molar-refractivity contribution in [2.45, 2.75) is 39.8 Å². The van der Waals surface area contributed by atoms with E-state index in [0.29, 0.717) is 6.54 Å². The zero-order valence-corrected chi connectivity index (χ0v) is 25.4. The Kier molecular flexibility index (Phi) is 11.0. The minimum atomic E-state index is -3.90. The Morgan fingerprint density at radius 3 is 2.17 bits per heavy atom. The van der Waals surface area contributed by atoms with Crippen LogP contribution in [0.1, 0.15) is 30.5 Å². The van der Waals surface area contributed by atoms with Crippen molar-refractivity contribution in [1.29, 1.82) is 0 Å². The maximum atomic E-state index is 14.1. The van der Waals surface area contributed by atoms with E-state index in [1.165, 1.54) is 23.1 Å². The number of rotatable bonds is 12. The van der Waals surface area contributed by atoms with E-state index < -0.39 is 28.5 Å². The molecule has 0 heterocycles. The first kappa shape index (κ1) is 31.5. The van der Waals surface area contributed by atoms with E-state index in [0.717, 1.165) is 27.3 Å². The Hall–Kier alpha value is -3.07. The van der Waals surface area contributed by atoms with Crippen LogP contribution in [0.2, 0.25) is 10.0 Å². The van der Waals surface area contributed by atoms with E-state index in [-0.39, 0.29) is 40.5 Å². The van der Waals surface area contributed by atoms with E-state index in [2.05, 4.69) is 5.32 Å². The van der Waals surface area contributed by atoms with Gasteiger partial charge < -0.3 is 10.2 Å². The molecular formula is C30H35Cl2N3O4S. The summed E-state index contributed by atoms with van der Waals surface area (Å²) in [6.07, 6.45) is 1.28. The highest BCUT2D eigenvalue weighted by Crippen LogP contribution is 2.29. The summed E-state index contributed by atoms with van der Waals surface area (Å²) < 4.78 is 26.7. The van der Waals surface area contributed by atoms with Gasteiger partial charge in [0.2, 0.25) is 21.8 Å². The quantitative estimate of drug-likeness (QED) is 0.297. The molecule has 0 aliphatic heterocycles. The van der Waals surface area contributed by atoms with Crippen LogP contribution in [0.5, 0.6) is 0 Å². The van der Waals surface area contributed by atoms with Gasteiger partial charge in [0, 0.05) is 19.5 Å². The molecule has 1 unspecified atom stereocenters. The number of hydrogen-bond acceptors (Lipinski definition) is 4. The fourth-order valence-electron chi connectivity index (χ4n) is 4.20. The third-order valence-corrected chi connectivity index (χ3v) is 8.31. The fourth-order valence-corrected chi connectivity index (χ4v) is 5.34. The first-order valence-corrected chi connectivity index (χ1v) is 15.6. The van der Waals surface area contributed by atoms with Crippen LogP contribution in [-0.4, -0.2) is 50.5 Å². The van der Waals surface area contributed by atoms with Crippen LogP contribution >= 0.6 is 23.2 Å². The van der Waals surface area contributed by atoms with Crippen molar-refractivity contribution in [2.75, 3.05) is 23.7 Å². The van der Waals surface area contributed by atoms with Crippen LogP contribution in [0.25, 0.3) is 0 Å². The number of sulfonamides is 1. The molecule has 2 amide bonds. The molecule has 10 heteroatoms. The Balaban J connectivity index is 2.07. The topological polar surface area (TPSA) is 86.8 Å². The van der Waals surface area contributed by atoms with Crippen molar-refractivity contribution < 1.29 is 18.0 Å². The van der Waals surface area contributed by atoms with Crippen LogP contribution in [0.4, 0.5) is 5.69 Å². The molecule has 7 nitrogen and oxygen atoms in total. The molecule has 0 spiro atoms. The average molecular weight is 605 g/mol. The van der Waals surface area contributed by atoms with E-state index >= 15 is 0 Å². The van der Waals surface area contributed by atoms with Gasteiger partial charge in [-0.05, 0) is 47.7 Å². The predicted molar refractivity (Wildman–Crippen MR) is 162 cm³/mol. The number of nitrogens with zero attached hydrogens (tertiary/aromatic N) is 2. The summed E-state index contributed by atoms with van der Waals surface area (Å²) in [7, 11) is -3.90. The molecule has 1 atom stereocenters. The summed E-state index contributed by atoms with van der Waals surface area (Å²) in [5, 5.41) is 3.39. The number of carbonyl (C=O) groups is 2. The number of nitrogens with one attached hydrogen (secondary N) is 1. The molecule has 1 N–H and O–H groups in total. The molecule has 0 fully saturated rings. The molecule has 0 aromatic heterocycles. The van der Waals surface area contributed by atoms with Gasteiger partial charge in [0.1, 0.15) is 12.6 Å². The second-order valence-corrected chi connectivity index (χ2v) is 12.9. The molecule has 3 aromatic carbocycles. The van der Waals surface area contributed by atoms with Gasteiger partial charge in [0.05, 0.1) is 22.0 Å². The summed E-state index contributed by atoms with van der Waals surface area (Å²) >= 11 is 12.2. The third-order valence-electron chi connectivity index (χ3n) is 6.43. The predicted octanol–water partition coefficient (Wildman–Crippen LogP) is 5.48. The molecule has 0 bridgehead atoms. The van der Waals surface area contributed by atoms with Crippen molar-refractivity contribution in [2.24, 2.45) is 5.92 Å². The lowest BCUT2D eigenvalue weighted by molar-refractivity contribution is -0.140. The molecular weight excluding hydrogens is 569 g/mol. The highest BCUT2D eigenvalue weighted by atomic mass is 35.5. The average Bonchev–Trinajstić information content (AvgIpc) is 2.90. The summed E-state index contributed by atoms with van der Waals surface area (Å²) in [5.74, 6) is -0.627. The van der Waals surface area contributed by atoms with Crippen molar-refractivity contribution >= 4 is 50.7 Å². The zero-order chi connectivity index (χ0) is 29.4. The number of carbonyl (C=O) groups excluding carboxylic acids is 2. The molecule has 40 heavy (non-hydrogen) atoms. The molecule has 0 saturated heterocycles. The standard InChI is InChI=1S/C30H35Cl2N3O4S/c1-21(2)18-33-30(37)28(16-23-11-6-5-7-12-23)34(19-24-13-9-8-10-22(24)3)29(36)20-35(40(4,38)39)25-14-15-26(31)27(32)17-25/h5-15,17,21,28H,16,18-20H2,1-4H3,(H,33,37). The molecule has 0 saturated carbocycles. The number of amides is 2. The second-order valence-electron chi connectivity index (χ2n) is 10.2. The van der Waals surface area contributed by atoms with Crippen LogP contribution in [-0.2, 0) is 32.6 Å². The van der Waals surface area contributed by atoms with Crippen molar-refractivity contribution in [3.8, 4) is 0 Å². The molecule has 0 aliphatic rings. The number of anilines is 1. The lowest BCUT2D eigenvalue weighted by Gasteiger charge is -2.34. The first-order valence-electron chi connectivity index (χ1n) is 12.9. The van der Waals surface area contributed by atoms with Gasteiger partial charge in [0.25, 0.3) is 0 Å². The van der Waals surface area contributed by atoms with Gasteiger partial charge in [0.15, 0.2) is 0 Å². The zero-order valence-electron chi connectivity index (χ0n) is 23.1. The van der Waals surface area contributed by atoms with E-state index in [1.807, 2.05) is 75.4 Å². The maximum Gasteiger partial charge on any atom is 0.244 e. The number of aryl methyl sites for hydroxylation is 1. The number of benzene rings is 3. The summed E-state index contributed by atoms with van der Waals surface area (Å²) in [5.41, 5.74) is 2.88. The van der Waals surface area contributed by atoms with Crippen LogP contribution in [0, 0.1) is 12.8 Å². The molecule has 0 aliphatic carbocycles. The van der Waals surface area contributed by atoms with E-state index in [1.54, 1.807) is 0 Å². The second kappa shape index (κ2) is 14.0. The van der Waals surface area contributed by atoms with Gasteiger partial charge in [-0.3, -0.25) is 13.9 Å². The van der Waals surface area contributed by atoms with Gasteiger partial charge in [-0.25, -0.2) is 8.42 Å². The van der Waals surface area contributed by atoms with Crippen molar-refractivity contribution in [3.05, 3.63) is 99.5 Å². The lowest BCUT2D eigenvalue weighted by Crippen LogP contribution is -2.53. The first-order chi connectivity index (χ1) is 18.9. The highest BCUT2D eigenvalue weighted by Gasteiger charge is 2.33. The molecule has 3 rings (SSSR count). The van der Waals surface area contributed by atoms with Crippen LogP contribution < -0.4 is 9.62 Å². The van der Waals surface area contributed by atoms with Crippen molar-refractivity contribution in [1.82, 2.24) is 10.2 Å². The normalized spacial score (nSPS) is 12.2. The number of hydrogen-bond donors (Lipinski definition) is 1. The van der Waals surface area contributed by atoms with Crippen LogP contribution in [0.3, 0.4) is 0 Å².